The van der Waals surface area contributed by atoms with Gasteiger partial charge in [0, 0.05) is 0 Å². The Labute approximate surface area is 65.6 Å². The summed E-state index contributed by atoms with van der Waals surface area (Å²) in [5.41, 5.74) is 1.03. The summed E-state index contributed by atoms with van der Waals surface area (Å²) in [5.74, 6) is -0.280. The molecule has 0 aromatic heterocycles. The highest BCUT2D eigenvalue weighted by Gasteiger charge is 2.27. The molecular formula is C8H11NO2. The van der Waals surface area contributed by atoms with E-state index in [0.717, 1.165) is 5.57 Å². The molecule has 3 nitrogen and oxygen atoms in total. The van der Waals surface area contributed by atoms with Gasteiger partial charge in [-0.3, -0.25) is 10.2 Å². The van der Waals surface area contributed by atoms with Gasteiger partial charge in [0.15, 0.2) is 11.7 Å². The van der Waals surface area contributed by atoms with Gasteiger partial charge in [0.05, 0.1) is 7.11 Å². The van der Waals surface area contributed by atoms with E-state index >= 15 is 0 Å². The third kappa shape index (κ3) is 1.48. The first-order chi connectivity index (χ1) is 5.15. The van der Waals surface area contributed by atoms with Crippen LogP contribution >= 0.6 is 0 Å². The van der Waals surface area contributed by atoms with Crippen LogP contribution in [0.15, 0.2) is 11.6 Å². The maximum atomic E-state index is 11.1. The van der Waals surface area contributed by atoms with Crippen molar-refractivity contribution < 1.29 is 9.53 Å². The zero-order valence-corrected chi connectivity index (χ0v) is 6.68. The Balaban J connectivity index is 2.67. The van der Waals surface area contributed by atoms with Crippen LogP contribution in [-0.2, 0) is 9.53 Å². The molecule has 0 bridgehead atoms. The summed E-state index contributed by atoms with van der Waals surface area (Å²) in [6.07, 6.45) is 2.23. The molecule has 0 saturated carbocycles. The van der Waals surface area contributed by atoms with E-state index in [1.807, 2.05) is 6.92 Å². The molecule has 0 fully saturated rings. The number of hydrogen-bond donors (Lipinski definition) is 1. The molecular weight excluding hydrogens is 142 g/mol. The molecule has 0 amide bonds. The number of carbonyl (C=O) groups is 1. The molecule has 0 aromatic rings. The fourth-order valence-electron chi connectivity index (χ4n) is 1.19. The van der Waals surface area contributed by atoms with Gasteiger partial charge < -0.3 is 4.74 Å². The minimum atomic E-state index is -0.347. The molecule has 1 rings (SSSR count). The van der Waals surface area contributed by atoms with Crippen LogP contribution in [0.1, 0.15) is 13.3 Å². The molecule has 0 heterocycles. The number of rotatable bonds is 1. The van der Waals surface area contributed by atoms with Crippen molar-refractivity contribution in [3.05, 3.63) is 11.6 Å². The van der Waals surface area contributed by atoms with Crippen LogP contribution < -0.4 is 0 Å². The van der Waals surface area contributed by atoms with E-state index in [0.29, 0.717) is 6.42 Å². The maximum Gasteiger partial charge on any atom is 0.191 e. The van der Waals surface area contributed by atoms with Crippen molar-refractivity contribution in [2.45, 2.75) is 13.3 Å². The minimum Gasteiger partial charge on any atom is -0.484 e. The number of nitrogens with one attached hydrogen (secondary N) is 1. The fraction of sp³-hybridized carbons (Fsp3) is 0.500. The van der Waals surface area contributed by atoms with Gasteiger partial charge in [-0.2, -0.15) is 0 Å². The van der Waals surface area contributed by atoms with Gasteiger partial charge >= 0.3 is 0 Å². The smallest absolute Gasteiger partial charge is 0.191 e. The second-order valence-electron chi connectivity index (χ2n) is 2.72. The predicted molar refractivity (Wildman–Crippen MR) is 41.6 cm³/mol. The monoisotopic (exact) mass is 153 g/mol. The van der Waals surface area contributed by atoms with Gasteiger partial charge in [0.1, 0.15) is 5.92 Å². The molecule has 0 saturated heterocycles. The molecule has 60 valence electrons. The summed E-state index contributed by atoms with van der Waals surface area (Å²) in [6, 6.07) is 0. The molecule has 1 aliphatic rings. The first-order valence-electron chi connectivity index (χ1n) is 3.48. The van der Waals surface area contributed by atoms with Crippen LogP contribution in [0.3, 0.4) is 0 Å². The van der Waals surface area contributed by atoms with Crippen LogP contribution in [-0.4, -0.2) is 18.8 Å². The largest absolute Gasteiger partial charge is 0.484 e. The number of carbonyl (C=O) groups excluding carboxylic acids is 1. The third-order valence-corrected chi connectivity index (χ3v) is 1.79. The second kappa shape index (κ2) is 2.86. The lowest BCUT2D eigenvalue weighted by atomic mass is 10.1. The van der Waals surface area contributed by atoms with E-state index in [1.165, 1.54) is 7.11 Å². The number of ketones is 1. The molecule has 11 heavy (non-hydrogen) atoms. The molecule has 1 unspecified atom stereocenters. The van der Waals surface area contributed by atoms with Crippen LogP contribution in [0.5, 0.6) is 0 Å². The normalized spacial score (nSPS) is 23.3. The summed E-state index contributed by atoms with van der Waals surface area (Å²) >= 11 is 0. The Morgan fingerprint density at radius 2 is 2.45 bits per heavy atom. The minimum absolute atomic E-state index is 0.00523. The van der Waals surface area contributed by atoms with Crippen molar-refractivity contribution in [3.8, 4) is 0 Å². The van der Waals surface area contributed by atoms with Crippen LogP contribution in [0, 0.1) is 11.3 Å². The Morgan fingerprint density at radius 3 is 2.82 bits per heavy atom. The molecule has 0 aliphatic heterocycles. The number of ether oxygens (including phenoxy) is 1. The first kappa shape index (κ1) is 7.98. The average Bonchev–Trinajstić information content (AvgIpc) is 2.28. The van der Waals surface area contributed by atoms with Crippen LogP contribution in [0.2, 0.25) is 0 Å². The Morgan fingerprint density at radius 1 is 1.82 bits per heavy atom. The molecule has 1 aliphatic carbocycles. The van der Waals surface area contributed by atoms with Gasteiger partial charge in [-0.25, -0.2) is 0 Å². The zero-order chi connectivity index (χ0) is 8.43. The van der Waals surface area contributed by atoms with Gasteiger partial charge in [-0.05, 0) is 19.4 Å². The summed E-state index contributed by atoms with van der Waals surface area (Å²) in [5, 5.41) is 7.28. The maximum absolute atomic E-state index is 11.1. The standard InChI is InChI=1S/C8H11NO2/c1-5-3-6(7(10)4-5)8(9)11-2/h4,6,9H,3H2,1-2H3. The van der Waals surface area contributed by atoms with Gasteiger partial charge in [-0.15, -0.1) is 0 Å². The van der Waals surface area contributed by atoms with Crippen LogP contribution in [0.4, 0.5) is 0 Å². The summed E-state index contributed by atoms with van der Waals surface area (Å²) < 4.78 is 4.68. The van der Waals surface area contributed by atoms with Gasteiger partial charge in [-0.1, -0.05) is 5.57 Å². The Bertz CT molecular complexity index is 230. The summed E-state index contributed by atoms with van der Waals surface area (Å²) in [7, 11) is 1.42. The fourth-order valence-corrected chi connectivity index (χ4v) is 1.19. The number of allylic oxidation sites excluding steroid dienone is 2. The summed E-state index contributed by atoms with van der Waals surface area (Å²) in [4.78, 5) is 11.1. The number of hydrogen-bond acceptors (Lipinski definition) is 3. The lowest BCUT2D eigenvalue weighted by Gasteiger charge is -2.07. The van der Waals surface area contributed by atoms with Gasteiger partial charge in [0.2, 0.25) is 0 Å². The highest BCUT2D eigenvalue weighted by Crippen LogP contribution is 2.22. The Hall–Kier alpha value is -1.12. The van der Waals surface area contributed by atoms with E-state index in [1.54, 1.807) is 6.08 Å². The second-order valence-corrected chi connectivity index (χ2v) is 2.72. The van der Waals surface area contributed by atoms with E-state index < -0.39 is 0 Å². The topological polar surface area (TPSA) is 50.1 Å². The van der Waals surface area contributed by atoms with E-state index in [2.05, 4.69) is 4.74 Å². The van der Waals surface area contributed by atoms with Crippen molar-refractivity contribution in [1.82, 2.24) is 0 Å². The van der Waals surface area contributed by atoms with Crippen molar-refractivity contribution in [1.29, 1.82) is 5.41 Å². The molecule has 1 atom stereocenters. The van der Waals surface area contributed by atoms with E-state index in [4.69, 9.17) is 5.41 Å². The van der Waals surface area contributed by atoms with Crippen molar-refractivity contribution in [2.75, 3.05) is 7.11 Å². The number of methoxy groups -OCH3 is 1. The third-order valence-electron chi connectivity index (χ3n) is 1.79. The lowest BCUT2D eigenvalue weighted by Crippen LogP contribution is -2.19. The average molecular weight is 153 g/mol. The zero-order valence-electron chi connectivity index (χ0n) is 6.68. The SMILES string of the molecule is COC(=N)C1CC(C)=CC1=O. The highest BCUT2D eigenvalue weighted by atomic mass is 16.5. The first-order valence-corrected chi connectivity index (χ1v) is 3.48. The quantitative estimate of drug-likeness (QED) is 0.453. The molecule has 1 N–H and O–H groups in total. The van der Waals surface area contributed by atoms with E-state index in [-0.39, 0.29) is 17.6 Å². The van der Waals surface area contributed by atoms with Gasteiger partial charge in [0.25, 0.3) is 0 Å². The van der Waals surface area contributed by atoms with Crippen LogP contribution in [0.25, 0.3) is 0 Å². The molecule has 0 spiro atoms. The lowest BCUT2D eigenvalue weighted by molar-refractivity contribution is -0.116. The Kier molecular flexibility index (Phi) is 2.08. The summed E-state index contributed by atoms with van der Waals surface area (Å²) in [6.45, 7) is 1.89. The van der Waals surface area contributed by atoms with Crippen molar-refractivity contribution in [3.63, 3.8) is 0 Å². The molecule has 3 heteroatoms. The van der Waals surface area contributed by atoms with Crippen molar-refractivity contribution in [2.24, 2.45) is 5.92 Å². The predicted octanol–water partition coefficient (Wildman–Crippen LogP) is 1.15. The molecule has 0 aromatic carbocycles. The van der Waals surface area contributed by atoms with Crippen molar-refractivity contribution >= 4 is 11.7 Å². The highest BCUT2D eigenvalue weighted by molar-refractivity contribution is 6.08. The molecule has 0 radical (unpaired) electrons. The van der Waals surface area contributed by atoms with E-state index in [9.17, 15) is 4.79 Å².